The van der Waals surface area contributed by atoms with Crippen LogP contribution in [0.15, 0.2) is 61.1 Å². The van der Waals surface area contributed by atoms with Gasteiger partial charge in [0.2, 0.25) is 0 Å². The number of carbonyl (C=O) groups excluding carboxylic acids is 1. The number of ketones is 1. The Bertz CT molecular complexity index is 562. The lowest BCUT2D eigenvalue weighted by atomic mass is 10.2. The van der Waals surface area contributed by atoms with Gasteiger partial charge in [-0.1, -0.05) is 12.1 Å². The topological polar surface area (TPSA) is 42.0 Å². The SMILES string of the molecule is Cc1cccc(N/C=C\C(=O)c2ccncc2)c1. The highest BCUT2D eigenvalue weighted by Gasteiger charge is 1.99. The predicted octanol–water partition coefficient (Wildman–Crippen LogP) is 3.20. The zero-order valence-electron chi connectivity index (χ0n) is 10.1. The average Bonchev–Trinajstić information content (AvgIpc) is 2.40. The maximum atomic E-state index is 11.7. The zero-order chi connectivity index (χ0) is 12.8. The highest BCUT2D eigenvalue weighted by molar-refractivity contribution is 6.04. The molecule has 0 amide bonds. The van der Waals surface area contributed by atoms with E-state index in [0.29, 0.717) is 5.56 Å². The molecule has 0 aliphatic rings. The molecule has 0 fully saturated rings. The molecule has 0 radical (unpaired) electrons. The van der Waals surface area contributed by atoms with Gasteiger partial charge in [0.05, 0.1) is 0 Å². The van der Waals surface area contributed by atoms with Gasteiger partial charge in [-0.3, -0.25) is 9.78 Å². The van der Waals surface area contributed by atoms with Gasteiger partial charge in [-0.15, -0.1) is 0 Å². The molecular weight excluding hydrogens is 224 g/mol. The summed E-state index contributed by atoms with van der Waals surface area (Å²) in [7, 11) is 0. The van der Waals surface area contributed by atoms with Crippen molar-refractivity contribution in [2.45, 2.75) is 6.92 Å². The van der Waals surface area contributed by atoms with Crippen LogP contribution >= 0.6 is 0 Å². The molecule has 1 aromatic heterocycles. The third kappa shape index (κ3) is 3.28. The number of allylic oxidation sites excluding steroid dienone is 1. The number of nitrogens with one attached hydrogen (secondary N) is 1. The Morgan fingerprint density at radius 2 is 2.00 bits per heavy atom. The van der Waals surface area contributed by atoms with Crippen molar-refractivity contribution < 1.29 is 4.79 Å². The number of pyridine rings is 1. The van der Waals surface area contributed by atoms with E-state index in [4.69, 9.17) is 0 Å². The standard InChI is InChI=1S/C15H14N2O/c1-12-3-2-4-14(11-12)17-10-7-15(18)13-5-8-16-9-6-13/h2-11,17H,1H3/b10-7-. The van der Waals surface area contributed by atoms with Crippen molar-refractivity contribution in [3.05, 3.63) is 72.2 Å². The van der Waals surface area contributed by atoms with Crippen LogP contribution in [0.1, 0.15) is 15.9 Å². The molecule has 0 spiro atoms. The summed E-state index contributed by atoms with van der Waals surface area (Å²) in [5.41, 5.74) is 2.77. The van der Waals surface area contributed by atoms with Crippen molar-refractivity contribution in [3.63, 3.8) is 0 Å². The number of carbonyl (C=O) groups is 1. The van der Waals surface area contributed by atoms with Crippen LogP contribution in [0.2, 0.25) is 0 Å². The van der Waals surface area contributed by atoms with Crippen molar-refractivity contribution in [2.24, 2.45) is 0 Å². The maximum Gasteiger partial charge on any atom is 0.187 e. The van der Waals surface area contributed by atoms with Gasteiger partial charge in [-0.2, -0.15) is 0 Å². The quantitative estimate of drug-likeness (QED) is 0.657. The molecule has 0 bridgehead atoms. The zero-order valence-corrected chi connectivity index (χ0v) is 10.1. The second-order valence-corrected chi connectivity index (χ2v) is 3.95. The molecule has 0 unspecified atom stereocenters. The summed E-state index contributed by atoms with van der Waals surface area (Å²) >= 11 is 0. The second-order valence-electron chi connectivity index (χ2n) is 3.95. The van der Waals surface area contributed by atoms with E-state index >= 15 is 0 Å². The molecule has 0 aliphatic heterocycles. The summed E-state index contributed by atoms with van der Waals surface area (Å²) in [6.45, 7) is 2.02. The lowest BCUT2D eigenvalue weighted by Gasteiger charge is -2.01. The Hall–Kier alpha value is -2.42. The Morgan fingerprint density at radius 3 is 2.72 bits per heavy atom. The van der Waals surface area contributed by atoms with Crippen molar-refractivity contribution in [2.75, 3.05) is 5.32 Å². The minimum Gasteiger partial charge on any atom is -0.362 e. The molecule has 0 aliphatic carbocycles. The van der Waals surface area contributed by atoms with E-state index in [0.717, 1.165) is 5.69 Å². The molecule has 0 saturated carbocycles. The van der Waals surface area contributed by atoms with Crippen LogP contribution in [-0.4, -0.2) is 10.8 Å². The van der Waals surface area contributed by atoms with Crippen LogP contribution in [0.5, 0.6) is 0 Å². The molecule has 1 aromatic carbocycles. The molecule has 0 saturated heterocycles. The Labute approximate surface area is 106 Å². The minimum atomic E-state index is -0.0439. The van der Waals surface area contributed by atoms with E-state index in [-0.39, 0.29) is 5.78 Å². The van der Waals surface area contributed by atoms with Gasteiger partial charge in [0.15, 0.2) is 5.78 Å². The third-order valence-electron chi connectivity index (χ3n) is 2.47. The normalized spacial score (nSPS) is 10.5. The van der Waals surface area contributed by atoms with Gasteiger partial charge in [0.25, 0.3) is 0 Å². The van der Waals surface area contributed by atoms with E-state index < -0.39 is 0 Å². The molecule has 90 valence electrons. The molecule has 3 heteroatoms. The summed E-state index contributed by atoms with van der Waals surface area (Å²) in [6.07, 6.45) is 6.37. The number of nitrogens with zero attached hydrogens (tertiary/aromatic N) is 1. The van der Waals surface area contributed by atoms with E-state index in [1.54, 1.807) is 30.7 Å². The van der Waals surface area contributed by atoms with Crippen molar-refractivity contribution >= 4 is 11.5 Å². The fourth-order valence-corrected chi connectivity index (χ4v) is 1.56. The first kappa shape index (κ1) is 12.0. The molecule has 18 heavy (non-hydrogen) atoms. The Balaban J connectivity index is 1.98. The molecular formula is C15H14N2O. The van der Waals surface area contributed by atoms with Crippen LogP contribution in [0.25, 0.3) is 0 Å². The molecule has 3 nitrogen and oxygen atoms in total. The van der Waals surface area contributed by atoms with Gasteiger partial charge in [0.1, 0.15) is 0 Å². The third-order valence-corrected chi connectivity index (χ3v) is 2.47. The van der Waals surface area contributed by atoms with Crippen molar-refractivity contribution in [1.29, 1.82) is 0 Å². The van der Waals surface area contributed by atoms with Crippen LogP contribution < -0.4 is 5.32 Å². The second kappa shape index (κ2) is 5.77. The highest BCUT2D eigenvalue weighted by atomic mass is 16.1. The van der Waals surface area contributed by atoms with Gasteiger partial charge in [-0.05, 0) is 36.8 Å². The largest absolute Gasteiger partial charge is 0.362 e. The van der Waals surface area contributed by atoms with Gasteiger partial charge >= 0.3 is 0 Å². The molecule has 1 heterocycles. The van der Waals surface area contributed by atoms with Gasteiger partial charge in [-0.25, -0.2) is 0 Å². The predicted molar refractivity (Wildman–Crippen MR) is 72.5 cm³/mol. The number of hydrogen-bond donors (Lipinski definition) is 1. The van der Waals surface area contributed by atoms with Gasteiger partial charge in [0, 0.05) is 35.9 Å². The number of benzene rings is 1. The number of anilines is 1. The summed E-state index contributed by atoms with van der Waals surface area (Å²) in [5, 5.41) is 3.07. The van der Waals surface area contributed by atoms with E-state index in [9.17, 15) is 4.79 Å². The lowest BCUT2D eigenvalue weighted by Crippen LogP contribution is -1.96. The minimum absolute atomic E-state index is 0.0439. The summed E-state index contributed by atoms with van der Waals surface area (Å²) < 4.78 is 0. The molecule has 2 rings (SSSR count). The van der Waals surface area contributed by atoms with Crippen molar-refractivity contribution in [3.8, 4) is 0 Å². The van der Waals surface area contributed by atoms with Gasteiger partial charge < -0.3 is 5.32 Å². The lowest BCUT2D eigenvalue weighted by molar-refractivity contribution is 0.104. The number of aryl methyl sites for hydroxylation is 1. The molecule has 1 N–H and O–H groups in total. The average molecular weight is 238 g/mol. The Kier molecular flexibility index (Phi) is 3.86. The molecule has 0 atom stereocenters. The fraction of sp³-hybridized carbons (Fsp3) is 0.0667. The molecule has 2 aromatic rings. The summed E-state index contributed by atoms with van der Waals surface area (Å²) in [6, 6.07) is 11.3. The summed E-state index contributed by atoms with van der Waals surface area (Å²) in [5.74, 6) is -0.0439. The van der Waals surface area contributed by atoms with Crippen LogP contribution in [-0.2, 0) is 0 Å². The monoisotopic (exact) mass is 238 g/mol. The van der Waals surface area contributed by atoms with E-state index in [1.807, 2.05) is 31.2 Å². The van der Waals surface area contributed by atoms with Crippen LogP contribution in [0.3, 0.4) is 0 Å². The van der Waals surface area contributed by atoms with E-state index in [1.165, 1.54) is 11.6 Å². The first-order valence-electron chi connectivity index (χ1n) is 5.70. The summed E-state index contributed by atoms with van der Waals surface area (Å²) in [4.78, 5) is 15.6. The Morgan fingerprint density at radius 1 is 1.22 bits per heavy atom. The first-order chi connectivity index (χ1) is 8.75. The van der Waals surface area contributed by atoms with E-state index in [2.05, 4.69) is 10.3 Å². The highest BCUT2D eigenvalue weighted by Crippen LogP contribution is 2.09. The van der Waals surface area contributed by atoms with Crippen LogP contribution in [0, 0.1) is 6.92 Å². The number of hydrogen-bond acceptors (Lipinski definition) is 3. The smallest absolute Gasteiger partial charge is 0.187 e. The van der Waals surface area contributed by atoms with Crippen LogP contribution in [0.4, 0.5) is 5.69 Å². The first-order valence-corrected chi connectivity index (χ1v) is 5.70. The fourth-order valence-electron chi connectivity index (χ4n) is 1.56. The number of rotatable bonds is 4. The number of aromatic nitrogens is 1. The maximum absolute atomic E-state index is 11.7. The van der Waals surface area contributed by atoms with Crippen molar-refractivity contribution in [1.82, 2.24) is 4.98 Å².